The van der Waals surface area contributed by atoms with Crippen molar-refractivity contribution in [2.24, 2.45) is 5.73 Å². The maximum atomic E-state index is 12.5. The second-order valence-electron chi connectivity index (χ2n) is 9.39. The van der Waals surface area contributed by atoms with Crippen molar-refractivity contribution >= 4 is 61.5 Å². The van der Waals surface area contributed by atoms with E-state index in [9.17, 15) is 9.59 Å². The molecule has 4 aromatic rings. The average molecular weight is 518 g/mol. The number of benzene rings is 1. The minimum absolute atomic E-state index is 0.0867. The number of nitrogens with zero attached hydrogens (tertiary/aromatic N) is 3. The molecule has 0 spiro atoms. The molecule has 4 heterocycles. The number of para-hydroxylation sites is 1. The number of fused-ring (bicyclic) bond motifs is 2. The monoisotopic (exact) mass is 517 g/mol. The Morgan fingerprint density at radius 2 is 1.97 bits per heavy atom. The van der Waals surface area contributed by atoms with Crippen LogP contribution >= 0.6 is 11.3 Å². The van der Waals surface area contributed by atoms with Gasteiger partial charge in [0.15, 0.2) is 0 Å². The lowest BCUT2D eigenvalue weighted by Gasteiger charge is -2.33. The van der Waals surface area contributed by atoms with Crippen molar-refractivity contribution in [2.45, 2.75) is 38.6 Å². The Kier molecular flexibility index (Phi) is 7.20. The molecule has 10 heteroatoms. The molecule has 1 saturated heterocycles. The van der Waals surface area contributed by atoms with E-state index < -0.39 is 5.91 Å². The second-order valence-corrected chi connectivity index (χ2v) is 10.4. The van der Waals surface area contributed by atoms with E-state index in [0.29, 0.717) is 16.3 Å². The Morgan fingerprint density at radius 1 is 1.19 bits per heavy atom. The molecule has 0 aliphatic carbocycles. The van der Waals surface area contributed by atoms with E-state index in [1.807, 2.05) is 30.3 Å². The Labute approximate surface area is 219 Å². The standard InChI is InChI=1S/C27H31N7O2S/c1-2-5-17-13-21(33-27-23(17)24(28)25(37-27)26(29)36)34-10-8-18(9-11-34)30-15-22(35)32-19-12-16-6-3-4-7-20(16)31-14-19/h3-4,6-7,12-14,18,30H,2,5,8-11,15,28H2,1H3,(H2,29,36)(H,32,35). The zero-order chi connectivity index (χ0) is 25.9. The van der Waals surface area contributed by atoms with Gasteiger partial charge in [0.1, 0.15) is 15.5 Å². The Hall–Kier alpha value is -3.76. The summed E-state index contributed by atoms with van der Waals surface area (Å²) in [4.78, 5) is 37.0. The lowest BCUT2D eigenvalue weighted by molar-refractivity contribution is -0.115. The van der Waals surface area contributed by atoms with Gasteiger partial charge >= 0.3 is 0 Å². The van der Waals surface area contributed by atoms with Gasteiger partial charge in [-0.25, -0.2) is 4.98 Å². The van der Waals surface area contributed by atoms with Crippen LogP contribution in [0.2, 0.25) is 0 Å². The fourth-order valence-corrected chi connectivity index (χ4v) is 5.88. The van der Waals surface area contributed by atoms with Gasteiger partial charge in [0, 0.05) is 29.9 Å². The number of hydrogen-bond acceptors (Lipinski definition) is 8. The number of carbonyl (C=O) groups is 2. The number of primary amides is 1. The van der Waals surface area contributed by atoms with Crippen LogP contribution in [-0.4, -0.2) is 47.5 Å². The number of nitrogens with two attached hydrogens (primary N) is 2. The molecule has 1 fully saturated rings. The van der Waals surface area contributed by atoms with Crippen LogP contribution in [0.25, 0.3) is 21.1 Å². The normalized spacial score (nSPS) is 14.4. The summed E-state index contributed by atoms with van der Waals surface area (Å²) in [5.41, 5.74) is 14.9. The number of pyridine rings is 2. The largest absolute Gasteiger partial charge is 0.397 e. The number of anilines is 3. The van der Waals surface area contributed by atoms with Gasteiger partial charge in [0.25, 0.3) is 5.91 Å². The van der Waals surface area contributed by atoms with Crippen LogP contribution in [0.4, 0.5) is 17.2 Å². The summed E-state index contributed by atoms with van der Waals surface area (Å²) in [6.07, 6.45) is 5.29. The maximum Gasteiger partial charge on any atom is 0.260 e. The molecule has 3 aromatic heterocycles. The fourth-order valence-electron chi connectivity index (χ4n) is 4.89. The second kappa shape index (κ2) is 10.7. The molecule has 0 radical (unpaired) electrons. The molecule has 0 atom stereocenters. The van der Waals surface area contributed by atoms with E-state index in [1.54, 1.807) is 6.20 Å². The zero-order valence-corrected chi connectivity index (χ0v) is 21.6. The van der Waals surface area contributed by atoms with Crippen LogP contribution in [0.3, 0.4) is 0 Å². The van der Waals surface area contributed by atoms with Gasteiger partial charge < -0.3 is 27.0 Å². The SMILES string of the molecule is CCCc1cc(N2CCC(NCC(=O)Nc3cnc4ccccc4c3)CC2)nc2sc(C(N)=O)c(N)c12. The fraction of sp³-hybridized carbons (Fsp3) is 0.333. The quantitative estimate of drug-likeness (QED) is 0.280. The van der Waals surface area contributed by atoms with Crippen LogP contribution < -0.4 is 27.0 Å². The van der Waals surface area contributed by atoms with E-state index >= 15 is 0 Å². The summed E-state index contributed by atoms with van der Waals surface area (Å²) in [6.45, 7) is 4.00. The molecule has 0 bridgehead atoms. The first-order valence-electron chi connectivity index (χ1n) is 12.6. The van der Waals surface area contributed by atoms with E-state index in [4.69, 9.17) is 16.5 Å². The molecule has 1 aliphatic heterocycles. The minimum atomic E-state index is -0.516. The first-order valence-corrected chi connectivity index (χ1v) is 13.4. The number of aromatic nitrogens is 2. The lowest BCUT2D eigenvalue weighted by Crippen LogP contribution is -2.45. The van der Waals surface area contributed by atoms with Crippen molar-refractivity contribution in [3.8, 4) is 0 Å². The third-order valence-corrected chi connectivity index (χ3v) is 7.87. The number of nitrogens with one attached hydrogen (secondary N) is 2. The molecule has 5 rings (SSSR count). The van der Waals surface area contributed by atoms with Crippen molar-refractivity contribution < 1.29 is 9.59 Å². The number of carbonyl (C=O) groups excluding carboxylic acids is 2. The molecule has 2 amide bonds. The van der Waals surface area contributed by atoms with E-state index in [2.05, 4.69) is 33.5 Å². The highest BCUT2D eigenvalue weighted by atomic mass is 32.1. The molecule has 0 unspecified atom stereocenters. The molecular formula is C27H31N7O2S. The summed E-state index contributed by atoms with van der Waals surface area (Å²) in [6, 6.07) is 12.1. The molecule has 1 aromatic carbocycles. The Bertz CT molecular complexity index is 1460. The summed E-state index contributed by atoms with van der Waals surface area (Å²) in [5.74, 6) is 0.293. The highest BCUT2D eigenvalue weighted by Crippen LogP contribution is 2.37. The van der Waals surface area contributed by atoms with Crippen molar-refractivity contribution in [2.75, 3.05) is 35.6 Å². The first kappa shape index (κ1) is 24.9. The van der Waals surface area contributed by atoms with E-state index in [0.717, 1.165) is 71.3 Å². The van der Waals surface area contributed by atoms with Gasteiger partial charge in [-0.1, -0.05) is 31.5 Å². The van der Waals surface area contributed by atoms with Gasteiger partial charge in [0.05, 0.1) is 29.6 Å². The van der Waals surface area contributed by atoms with Crippen molar-refractivity contribution in [1.29, 1.82) is 0 Å². The van der Waals surface area contributed by atoms with Crippen LogP contribution in [0, 0.1) is 0 Å². The number of rotatable bonds is 8. The molecule has 1 aliphatic rings. The topological polar surface area (TPSA) is 139 Å². The summed E-state index contributed by atoms with van der Waals surface area (Å²) < 4.78 is 0. The average Bonchev–Trinajstić information content (AvgIpc) is 3.24. The predicted molar refractivity (Wildman–Crippen MR) is 150 cm³/mol. The zero-order valence-electron chi connectivity index (χ0n) is 20.8. The van der Waals surface area contributed by atoms with Crippen molar-refractivity contribution in [3.05, 3.63) is 53.0 Å². The highest BCUT2D eigenvalue weighted by Gasteiger charge is 2.24. The molecule has 37 heavy (non-hydrogen) atoms. The van der Waals surface area contributed by atoms with Crippen LogP contribution in [-0.2, 0) is 11.2 Å². The number of hydrogen-bond donors (Lipinski definition) is 4. The lowest BCUT2D eigenvalue weighted by atomic mass is 10.0. The van der Waals surface area contributed by atoms with Crippen LogP contribution in [0.1, 0.15) is 41.4 Å². The third kappa shape index (κ3) is 5.35. The van der Waals surface area contributed by atoms with Crippen LogP contribution in [0.15, 0.2) is 42.6 Å². The summed E-state index contributed by atoms with van der Waals surface area (Å²) in [5, 5.41) is 8.17. The number of piperidine rings is 1. The number of amides is 2. The van der Waals surface area contributed by atoms with Crippen molar-refractivity contribution in [3.63, 3.8) is 0 Å². The van der Waals surface area contributed by atoms with Gasteiger partial charge in [0.2, 0.25) is 5.91 Å². The van der Waals surface area contributed by atoms with Gasteiger partial charge in [-0.2, -0.15) is 0 Å². The summed E-state index contributed by atoms with van der Waals surface area (Å²) in [7, 11) is 0. The first-order chi connectivity index (χ1) is 17.9. The number of thiophene rings is 1. The smallest absolute Gasteiger partial charge is 0.260 e. The number of nitrogen functional groups attached to an aromatic ring is 1. The molecular weight excluding hydrogens is 486 g/mol. The highest BCUT2D eigenvalue weighted by molar-refractivity contribution is 7.21. The van der Waals surface area contributed by atoms with Gasteiger partial charge in [-0.05, 0) is 43.0 Å². The molecule has 6 N–H and O–H groups in total. The van der Waals surface area contributed by atoms with E-state index in [1.165, 1.54) is 11.3 Å². The van der Waals surface area contributed by atoms with E-state index in [-0.39, 0.29) is 18.5 Å². The molecule has 0 saturated carbocycles. The maximum absolute atomic E-state index is 12.5. The third-order valence-electron chi connectivity index (χ3n) is 6.75. The Balaban J connectivity index is 1.19. The minimum Gasteiger partial charge on any atom is -0.397 e. The van der Waals surface area contributed by atoms with Gasteiger partial charge in [-0.15, -0.1) is 11.3 Å². The predicted octanol–water partition coefficient (Wildman–Crippen LogP) is 3.68. The number of aryl methyl sites for hydroxylation is 1. The summed E-state index contributed by atoms with van der Waals surface area (Å²) >= 11 is 1.26. The van der Waals surface area contributed by atoms with Crippen LogP contribution in [0.5, 0.6) is 0 Å². The van der Waals surface area contributed by atoms with Gasteiger partial charge in [-0.3, -0.25) is 14.6 Å². The molecule has 9 nitrogen and oxygen atoms in total. The molecule has 192 valence electrons. The van der Waals surface area contributed by atoms with Crippen molar-refractivity contribution in [1.82, 2.24) is 15.3 Å². The Morgan fingerprint density at radius 3 is 2.73 bits per heavy atom.